The van der Waals surface area contributed by atoms with Crippen LogP contribution in [-0.2, 0) is 25.7 Å². The average molecular weight is 325 g/mol. The summed E-state index contributed by atoms with van der Waals surface area (Å²) in [6, 6.07) is 7.00. The Bertz CT molecular complexity index is 534. The molecule has 0 amide bonds. The molecule has 1 rings (SSSR count). The highest BCUT2D eigenvalue weighted by Gasteiger charge is 2.37. The minimum atomic E-state index is -1.59. The van der Waals surface area contributed by atoms with E-state index in [4.69, 9.17) is 19.9 Å². The molecule has 0 aliphatic carbocycles. The molecular weight excluding hydrogens is 302 g/mol. The zero-order chi connectivity index (χ0) is 17.6. The fourth-order valence-corrected chi connectivity index (χ4v) is 1.75. The lowest BCUT2D eigenvalue weighted by atomic mass is 10.1. The maximum Gasteiger partial charge on any atom is 0.324 e. The van der Waals surface area contributed by atoms with Gasteiger partial charge < -0.3 is 25.1 Å². The average Bonchev–Trinajstić information content (AvgIpc) is 2.43. The zero-order valence-corrected chi connectivity index (χ0v) is 13.7. The third-order valence-corrected chi connectivity index (χ3v) is 2.86. The maximum absolute atomic E-state index is 12.0. The Morgan fingerprint density at radius 3 is 2.22 bits per heavy atom. The van der Waals surface area contributed by atoms with Crippen molar-refractivity contribution in [2.45, 2.75) is 39.2 Å². The molecule has 0 aliphatic rings. The second-order valence-corrected chi connectivity index (χ2v) is 5.97. The van der Waals surface area contributed by atoms with Gasteiger partial charge in [0.15, 0.2) is 5.92 Å². The van der Waals surface area contributed by atoms with Crippen molar-refractivity contribution in [1.82, 2.24) is 0 Å². The van der Waals surface area contributed by atoms with Gasteiger partial charge in [-0.25, -0.2) is 0 Å². The molecule has 3 N–H and O–H groups in total. The van der Waals surface area contributed by atoms with Crippen molar-refractivity contribution in [2.24, 2.45) is 11.7 Å². The van der Waals surface area contributed by atoms with E-state index in [0.717, 1.165) is 5.56 Å². The summed E-state index contributed by atoms with van der Waals surface area (Å²) < 4.78 is 15.4. The van der Waals surface area contributed by atoms with Gasteiger partial charge in [-0.3, -0.25) is 9.59 Å². The number of hydrogen-bond acceptors (Lipinski definition) is 6. The van der Waals surface area contributed by atoms with Gasteiger partial charge in [0.1, 0.15) is 17.6 Å². The lowest BCUT2D eigenvalue weighted by Gasteiger charge is -2.25. The third-order valence-electron chi connectivity index (χ3n) is 2.86. The minimum Gasteiger partial charge on any atom is -0.497 e. The zero-order valence-electron chi connectivity index (χ0n) is 13.7. The van der Waals surface area contributed by atoms with E-state index < -0.39 is 29.7 Å². The Balaban J connectivity index is 2.68. The van der Waals surface area contributed by atoms with Gasteiger partial charge in [-0.05, 0) is 38.5 Å². The van der Waals surface area contributed by atoms with Gasteiger partial charge in [-0.1, -0.05) is 12.1 Å². The van der Waals surface area contributed by atoms with Crippen LogP contribution < -0.4 is 10.5 Å². The number of methoxy groups -OCH3 is 1. The molecule has 0 aromatic heterocycles. The maximum atomic E-state index is 12.0. The molecule has 0 heterocycles. The monoisotopic (exact) mass is 325 g/mol. The highest BCUT2D eigenvalue weighted by Crippen LogP contribution is 2.16. The molecule has 0 aliphatic heterocycles. The Hall–Kier alpha value is -2.12. The number of carbonyl (C=O) groups excluding carboxylic acids is 1. The normalized spacial score (nSPS) is 14.0. The van der Waals surface area contributed by atoms with E-state index in [2.05, 4.69) is 0 Å². The molecule has 0 bridgehead atoms. The molecular formula is C16H23NO6. The lowest BCUT2D eigenvalue weighted by Crippen LogP contribution is -2.45. The number of hydrogen-bond donors (Lipinski definition) is 2. The van der Waals surface area contributed by atoms with E-state index in [9.17, 15) is 14.7 Å². The quantitative estimate of drug-likeness (QED) is 0.444. The van der Waals surface area contributed by atoms with Crippen LogP contribution in [0.4, 0.5) is 0 Å². The fraction of sp³-hybridized carbons (Fsp3) is 0.500. The number of carbonyl (C=O) groups is 2. The number of rotatable bonds is 7. The van der Waals surface area contributed by atoms with Gasteiger partial charge in [-0.15, -0.1) is 0 Å². The van der Waals surface area contributed by atoms with Crippen molar-refractivity contribution in [1.29, 1.82) is 0 Å². The summed E-state index contributed by atoms with van der Waals surface area (Å²) >= 11 is 0. The molecule has 0 radical (unpaired) electrons. The van der Waals surface area contributed by atoms with E-state index in [1.807, 2.05) is 0 Å². The molecule has 0 fully saturated rings. The molecule has 7 heteroatoms. The van der Waals surface area contributed by atoms with Gasteiger partial charge in [0.2, 0.25) is 0 Å². The van der Waals surface area contributed by atoms with Crippen LogP contribution in [0.25, 0.3) is 0 Å². The SMILES string of the molecule is COc1ccc(COC(N)C(C(=O)O)C(=O)OC(C)(C)C)cc1. The molecule has 128 valence electrons. The fourth-order valence-electron chi connectivity index (χ4n) is 1.75. The first kappa shape index (κ1) is 18.9. The lowest BCUT2D eigenvalue weighted by molar-refractivity contribution is -0.174. The summed E-state index contributed by atoms with van der Waals surface area (Å²) in [4.78, 5) is 23.2. The van der Waals surface area contributed by atoms with E-state index in [1.165, 1.54) is 0 Å². The Morgan fingerprint density at radius 1 is 1.22 bits per heavy atom. The molecule has 2 unspecified atom stereocenters. The van der Waals surface area contributed by atoms with Crippen molar-refractivity contribution in [3.8, 4) is 5.75 Å². The van der Waals surface area contributed by atoms with Gasteiger partial charge >= 0.3 is 11.9 Å². The number of nitrogens with two attached hydrogens (primary N) is 1. The highest BCUT2D eigenvalue weighted by atomic mass is 16.6. The van der Waals surface area contributed by atoms with Gasteiger partial charge in [-0.2, -0.15) is 0 Å². The summed E-state index contributed by atoms with van der Waals surface area (Å²) in [5, 5.41) is 9.20. The van der Waals surface area contributed by atoms with Gasteiger partial charge in [0, 0.05) is 0 Å². The third kappa shape index (κ3) is 6.25. The molecule has 7 nitrogen and oxygen atoms in total. The minimum absolute atomic E-state index is 0.0672. The number of carboxylic acid groups (broad SMARTS) is 1. The van der Waals surface area contributed by atoms with Crippen LogP contribution >= 0.6 is 0 Å². The van der Waals surface area contributed by atoms with Crippen LogP contribution in [0.2, 0.25) is 0 Å². The molecule has 1 aromatic carbocycles. The first-order chi connectivity index (χ1) is 10.6. The molecule has 0 spiro atoms. The van der Waals surface area contributed by atoms with Crippen LogP contribution in [0, 0.1) is 5.92 Å². The van der Waals surface area contributed by atoms with E-state index in [0.29, 0.717) is 5.75 Å². The van der Waals surface area contributed by atoms with E-state index in [-0.39, 0.29) is 6.61 Å². The van der Waals surface area contributed by atoms with Crippen LogP contribution in [0.15, 0.2) is 24.3 Å². The van der Waals surface area contributed by atoms with Crippen LogP contribution in [0.1, 0.15) is 26.3 Å². The summed E-state index contributed by atoms with van der Waals surface area (Å²) in [6.45, 7) is 5.01. The van der Waals surface area contributed by atoms with Crippen molar-refractivity contribution in [2.75, 3.05) is 7.11 Å². The first-order valence-electron chi connectivity index (χ1n) is 7.10. The van der Waals surface area contributed by atoms with Crippen molar-refractivity contribution >= 4 is 11.9 Å². The molecule has 2 atom stereocenters. The van der Waals surface area contributed by atoms with Crippen LogP contribution in [0.3, 0.4) is 0 Å². The van der Waals surface area contributed by atoms with E-state index in [1.54, 1.807) is 52.1 Å². The van der Waals surface area contributed by atoms with Crippen molar-refractivity contribution in [3.63, 3.8) is 0 Å². The Labute approximate surface area is 135 Å². The standard InChI is InChI=1S/C16H23NO6/c1-16(2,3)23-15(20)12(14(18)19)13(17)22-9-10-5-7-11(21-4)8-6-10/h5-8,12-13H,9,17H2,1-4H3,(H,18,19). The van der Waals surface area contributed by atoms with Gasteiger partial charge in [0.25, 0.3) is 0 Å². The molecule has 23 heavy (non-hydrogen) atoms. The van der Waals surface area contributed by atoms with Crippen LogP contribution in [-0.4, -0.2) is 36.0 Å². The number of benzene rings is 1. The Kier molecular flexibility index (Phi) is 6.53. The first-order valence-corrected chi connectivity index (χ1v) is 7.10. The second kappa shape index (κ2) is 7.94. The second-order valence-electron chi connectivity index (χ2n) is 5.97. The smallest absolute Gasteiger partial charge is 0.324 e. The summed E-state index contributed by atoms with van der Waals surface area (Å²) in [6.07, 6.45) is -1.32. The topological polar surface area (TPSA) is 108 Å². The summed E-state index contributed by atoms with van der Waals surface area (Å²) in [7, 11) is 1.56. The molecule has 1 aromatic rings. The molecule has 0 saturated heterocycles. The number of carboxylic acids is 1. The predicted molar refractivity (Wildman–Crippen MR) is 82.7 cm³/mol. The number of esters is 1. The Morgan fingerprint density at radius 2 is 1.78 bits per heavy atom. The summed E-state index contributed by atoms with van der Waals surface area (Å²) in [5.74, 6) is -3.21. The summed E-state index contributed by atoms with van der Waals surface area (Å²) in [5.41, 5.74) is 5.68. The predicted octanol–water partition coefficient (Wildman–Crippen LogP) is 1.54. The largest absolute Gasteiger partial charge is 0.497 e. The number of ether oxygens (including phenoxy) is 3. The van der Waals surface area contributed by atoms with E-state index >= 15 is 0 Å². The van der Waals surface area contributed by atoms with Crippen molar-refractivity contribution < 1.29 is 28.9 Å². The van der Waals surface area contributed by atoms with Crippen molar-refractivity contribution in [3.05, 3.63) is 29.8 Å². The van der Waals surface area contributed by atoms with Gasteiger partial charge in [0.05, 0.1) is 13.7 Å². The van der Waals surface area contributed by atoms with Crippen LogP contribution in [0.5, 0.6) is 5.75 Å². The molecule has 0 saturated carbocycles. The number of aliphatic carboxylic acids is 1. The highest BCUT2D eigenvalue weighted by molar-refractivity contribution is 5.94.